The predicted molar refractivity (Wildman–Crippen MR) is 109 cm³/mol. The van der Waals surface area contributed by atoms with Crippen molar-refractivity contribution in [3.05, 3.63) is 41.7 Å². The molecule has 1 aliphatic heterocycles. The number of nitrogens with zero attached hydrogens (tertiary/aromatic N) is 3. The first-order valence-corrected chi connectivity index (χ1v) is 10.2. The maximum absolute atomic E-state index is 6.35. The van der Waals surface area contributed by atoms with Crippen molar-refractivity contribution in [1.29, 1.82) is 0 Å². The first kappa shape index (κ1) is 18.0. The monoisotopic (exact) mass is 364 g/mol. The second-order valence-corrected chi connectivity index (χ2v) is 7.63. The Morgan fingerprint density at radius 2 is 1.74 bits per heavy atom. The summed E-state index contributed by atoms with van der Waals surface area (Å²) in [7, 11) is 0. The molecular formula is C22H28N4O. The molecule has 4 rings (SSSR count). The van der Waals surface area contributed by atoms with Crippen molar-refractivity contribution in [2.45, 2.75) is 70.3 Å². The van der Waals surface area contributed by atoms with E-state index in [2.05, 4.69) is 48.1 Å². The molecule has 1 fully saturated rings. The number of rotatable bonds is 4. The Hall–Kier alpha value is -2.43. The van der Waals surface area contributed by atoms with Crippen LogP contribution in [0.25, 0.3) is 0 Å². The van der Waals surface area contributed by atoms with Crippen molar-refractivity contribution in [1.82, 2.24) is 9.97 Å². The summed E-state index contributed by atoms with van der Waals surface area (Å²) in [6.07, 6.45) is 9.74. The molecule has 2 heterocycles. The zero-order valence-corrected chi connectivity index (χ0v) is 16.2. The summed E-state index contributed by atoms with van der Waals surface area (Å²) in [5.41, 5.74) is 9.55. The normalized spacial score (nSPS) is 19.1. The summed E-state index contributed by atoms with van der Waals surface area (Å²) >= 11 is 0. The van der Waals surface area contributed by atoms with E-state index in [1.807, 2.05) is 0 Å². The van der Waals surface area contributed by atoms with E-state index in [0.29, 0.717) is 23.3 Å². The Bertz CT molecular complexity index is 834. The molecule has 0 radical (unpaired) electrons. The zero-order chi connectivity index (χ0) is 18.9. The minimum atomic E-state index is -0.486. The summed E-state index contributed by atoms with van der Waals surface area (Å²) in [5.74, 6) is 1.54. The summed E-state index contributed by atoms with van der Waals surface area (Å²) < 4.78 is 6.35. The fourth-order valence-corrected chi connectivity index (χ4v) is 4.41. The Labute approximate surface area is 161 Å². The minimum Gasteiger partial charge on any atom is -0.463 e. The van der Waals surface area contributed by atoms with Gasteiger partial charge >= 0.3 is 0 Å². The fraction of sp³-hybridized carbons (Fsp3) is 0.500. The molecule has 1 saturated carbocycles. The molecular weight excluding hydrogens is 336 g/mol. The van der Waals surface area contributed by atoms with E-state index in [0.717, 1.165) is 24.1 Å². The highest BCUT2D eigenvalue weighted by Gasteiger charge is 2.40. The van der Waals surface area contributed by atoms with Crippen molar-refractivity contribution in [2.24, 2.45) is 4.99 Å². The Kier molecular flexibility index (Phi) is 4.85. The van der Waals surface area contributed by atoms with Crippen LogP contribution in [0.2, 0.25) is 0 Å². The van der Waals surface area contributed by atoms with Crippen molar-refractivity contribution in [3.8, 4) is 5.88 Å². The quantitative estimate of drug-likeness (QED) is 0.811. The molecule has 5 heteroatoms. The van der Waals surface area contributed by atoms with Crippen LogP contribution in [0.3, 0.4) is 0 Å². The maximum Gasteiger partial charge on any atom is 0.246 e. The van der Waals surface area contributed by atoms with Gasteiger partial charge in [0.2, 0.25) is 5.88 Å². The van der Waals surface area contributed by atoms with Gasteiger partial charge in [0.15, 0.2) is 17.1 Å². The van der Waals surface area contributed by atoms with Crippen molar-refractivity contribution in [2.75, 3.05) is 5.73 Å². The van der Waals surface area contributed by atoms with Gasteiger partial charge in [-0.2, -0.15) is 4.98 Å². The van der Waals surface area contributed by atoms with E-state index < -0.39 is 5.60 Å². The van der Waals surface area contributed by atoms with Gasteiger partial charge in [0.05, 0.1) is 5.71 Å². The Morgan fingerprint density at radius 1 is 1.04 bits per heavy atom. The summed E-state index contributed by atoms with van der Waals surface area (Å²) in [6.45, 7) is 4.26. The van der Waals surface area contributed by atoms with Gasteiger partial charge in [-0.3, -0.25) is 0 Å². The number of anilines is 1. The lowest BCUT2D eigenvalue weighted by Gasteiger charge is -2.37. The molecule has 5 nitrogen and oxygen atoms in total. The molecule has 2 aromatic rings. The van der Waals surface area contributed by atoms with Crippen LogP contribution in [0.15, 0.2) is 35.6 Å². The smallest absolute Gasteiger partial charge is 0.246 e. The number of hydrogen-bond donors (Lipinski definition) is 1. The average molecular weight is 364 g/mol. The van der Waals surface area contributed by atoms with Crippen LogP contribution in [0.1, 0.15) is 75.8 Å². The predicted octanol–water partition coefficient (Wildman–Crippen LogP) is 5.18. The van der Waals surface area contributed by atoms with Crippen molar-refractivity contribution in [3.63, 3.8) is 0 Å². The number of fused-ring (bicyclic) bond motifs is 1. The highest BCUT2D eigenvalue weighted by atomic mass is 16.5. The Morgan fingerprint density at radius 3 is 2.41 bits per heavy atom. The minimum absolute atomic E-state index is 0.358. The average Bonchev–Trinajstić information content (AvgIpc) is 2.74. The third-order valence-corrected chi connectivity index (χ3v) is 6.17. The van der Waals surface area contributed by atoms with Gasteiger partial charge in [-0.05, 0) is 37.2 Å². The molecule has 0 amide bonds. The third kappa shape index (κ3) is 3.20. The number of benzene rings is 1. The van der Waals surface area contributed by atoms with Gasteiger partial charge in [-0.15, -0.1) is 0 Å². The van der Waals surface area contributed by atoms with Crippen LogP contribution >= 0.6 is 0 Å². The first-order chi connectivity index (χ1) is 13.2. The number of aliphatic imine (C=N–C) groups is 1. The van der Waals surface area contributed by atoms with Crippen LogP contribution in [0.5, 0.6) is 5.88 Å². The van der Waals surface area contributed by atoms with Crippen LogP contribution in [-0.4, -0.2) is 21.3 Å². The van der Waals surface area contributed by atoms with Crippen molar-refractivity contribution >= 4 is 17.2 Å². The molecule has 0 bridgehead atoms. The third-order valence-electron chi connectivity index (χ3n) is 6.17. The van der Waals surface area contributed by atoms with Gasteiger partial charge in [0.1, 0.15) is 6.33 Å². The molecule has 2 aliphatic rings. The number of ether oxygens (including phenoxy) is 1. The SMILES string of the molecule is CCC1(CC)Oc2ncnc(N)c2N=C1c1ccc(C2CCCCC2)cc1. The first-order valence-electron chi connectivity index (χ1n) is 10.2. The van der Waals surface area contributed by atoms with Crippen LogP contribution < -0.4 is 10.5 Å². The Balaban J connectivity index is 1.74. The number of nitrogens with two attached hydrogens (primary N) is 1. The van der Waals surface area contributed by atoms with E-state index in [9.17, 15) is 0 Å². The number of nitrogen functional groups attached to an aromatic ring is 1. The topological polar surface area (TPSA) is 73.4 Å². The van der Waals surface area contributed by atoms with Crippen LogP contribution in [0, 0.1) is 0 Å². The van der Waals surface area contributed by atoms with E-state index in [4.69, 9.17) is 15.5 Å². The van der Waals surface area contributed by atoms with Crippen LogP contribution in [0.4, 0.5) is 11.5 Å². The van der Waals surface area contributed by atoms with E-state index in [-0.39, 0.29) is 0 Å². The summed E-state index contributed by atoms with van der Waals surface area (Å²) in [5, 5.41) is 0. The molecule has 142 valence electrons. The molecule has 1 aromatic heterocycles. The van der Waals surface area contributed by atoms with Crippen molar-refractivity contribution < 1.29 is 4.74 Å². The number of hydrogen-bond acceptors (Lipinski definition) is 5. The maximum atomic E-state index is 6.35. The van der Waals surface area contributed by atoms with Gasteiger partial charge in [0.25, 0.3) is 0 Å². The molecule has 0 spiro atoms. The van der Waals surface area contributed by atoms with E-state index in [1.54, 1.807) is 0 Å². The fourth-order valence-electron chi connectivity index (χ4n) is 4.41. The highest BCUT2D eigenvalue weighted by Crippen LogP contribution is 2.42. The lowest BCUT2D eigenvalue weighted by atomic mass is 9.82. The highest BCUT2D eigenvalue weighted by molar-refractivity contribution is 6.09. The standard InChI is InChI=1S/C22H28N4O/c1-3-22(4-2)19(26-18-20(23)24-14-25-21(18)27-22)17-12-10-16(11-13-17)15-8-6-5-7-9-15/h10-15H,3-9H2,1-2H3,(H2,23,24,25). The lowest BCUT2D eigenvalue weighted by Crippen LogP contribution is -2.46. The number of aromatic nitrogens is 2. The van der Waals surface area contributed by atoms with Gasteiger partial charge < -0.3 is 10.5 Å². The second kappa shape index (κ2) is 7.29. The molecule has 1 aliphatic carbocycles. The zero-order valence-electron chi connectivity index (χ0n) is 16.2. The van der Waals surface area contributed by atoms with E-state index in [1.165, 1.54) is 44.0 Å². The largest absolute Gasteiger partial charge is 0.463 e. The molecule has 1 aromatic carbocycles. The molecule has 0 atom stereocenters. The molecule has 0 unspecified atom stereocenters. The second-order valence-electron chi connectivity index (χ2n) is 7.63. The lowest BCUT2D eigenvalue weighted by molar-refractivity contribution is 0.122. The summed E-state index contributed by atoms with van der Waals surface area (Å²) in [4.78, 5) is 13.2. The van der Waals surface area contributed by atoms with Gasteiger partial charge in [-0.25, -0.2) is 9.98 Å². The molecule has 27 heavy (non-hydrogen) atoms. The molecule has 0 saturated heterocycles. The van der Waals surface area contributed by atoms with Gasteiger partial charge in [-0.1, -0.05) is 57.4 Å². The molecule has 2 N–H and O–H groups in total. The summed E-state index contributed by atoms with van der Waals surface area (Å²) in [6, 6.07) is 8.92. The van der Waals surface area contributed by atoms with E-state index >= 15 is 0 Å². The van der Waals surface area contributed by atoms with Gasteiger partial charge in [0, 0.05) is 5.56 Å². The van der Waals surface area contributed by atoms with Crippen LogP contribution in [-0.2, 0) is 0 Å².